The number of carbonyl (C=O) groups excluding carboxylic acids is 1. The van der Waals surface area contributed by atoms with Gasteiger partial charge in [0.15, 0.2) is 11.6 Å². The Hall–Kier alpha value is -2.83. The van der Waals surface area contributed by atoms with E-state index in [2.05, 4.69) is 42.6 Å². The standard InChI is InChI=1S/C16H19N5O2/c1-23-16(22)18-15-9-8-14(19-20-15)17-12-4-6-13(7-5-12)21-10-2-3-11-21/h4-9H,2-3,10-11H2,1H3,(H,17,19)(H,18,20,22). The second-order valence-corrected chi connectivity index (χ2v) is 5.29. The zero-order valence-electron chi connectivity index (χ0n) is 13.0. The lowest BCUT2D eigenvalue weighted by Gasteiger charge is -2.17. The number of nitrogens with zero attached hydrogens (tertiary/aromatic N) is 3. The van der Waals surface area contributed by atoms with E-state index in [1.807, 2.05) is 12.1 Å². The van der Waals surface area contributed by atoms with Crippen LogP contribution in [0.2, 0.25) is 0 Å². The molecule has 0 radical (unpaired) electrons. The molecule has 1 amide bonds. The molecule has 2 N–H and O–H groups in total. The maximum atomic E-state index is 11.1. The molecule has 0 atom stereocenters. The molecule has 0 aliphatic carbocycles. The van der Waals surface area contributed by atoms with Gasteiger partial charge < -0.3 is 15.0 Å². The smallest absolute Gasteiger partial charge is 0.412 e. The first-order valence-electron chi connectivity index (χ1n) is 7.55. The van der Waals surface area contributed by atoms with Crippen molar-refractivity contribution in [1.29, 1.82) is 0 Å². The normalized spacial score (nSPS) is 13.7. The van der Waals surface area contributed by atoms with E-state index in [0.717, 1.165) is 18.8 Å². The highest BCUT2D eigenvalue weighted by Gasteiger charge is 2.11. The summed E-state index contributed by atoms with van der Waals surface area (Å²) in [5, 5.41) is 13.6. The van der Waals surface area contributed by atoms with Crippen LogP contribution in [-0.4, -0.2) is 36.5 Å². The Kier molecular flexibility index (Phi) is 4.56. The van der Waals surface area contributed by atoms with Crippen LogP contribution in [0.15, 0.2) is 36.4 Å². The molecule has 7 heteroatoms. The summed E-state index contributed by atoms with van der Waals surface area (Å²) >= 11 is 0. The van der Waals surface area contributed by atoms with E-state index >= 15 is 0 Å². The lowest BCUT2D eigenvalue weighted by Crippen LogP contribution is -2.17. The first-order chi connectivity index (χ1) is 11.2. The number of benzene rings is 1. The summed E-state index contributed by atoms with van der Waals surface area (Å²) in [7, 11) is 1.30. The molecule has 2 aromatic rings. The predicted octanol–water partition coefficient (Wildman–Crippen LogP) is 3.00. The number of hydrogen-bond donors (Lipinski definition) is 2. The Morgan fingerprint density at radius 1 is 1.04 bits per heavy atom. The average molecular weight is 313 g/mol. The van der Waals surface area contributed by atoms with Crippen molar-refractivity contribution in [2.75, 3.05) is 35.7 Å². The number of carbonyl (C=O) groups is 1. The second-order valence-electron chi connectivity index (χ2n) is 5.29. The molecule has 0 spiro atoms. The fraction of sp³-hybridized carbons (Fsp3) is 0.312. The highest BCUT2D eigenvalue weighted by Crippen LogP contribution is 2.23. The third-order valence-electron chi connectivity index (χ3n) is 3.69. The molecule has 3 rings (SSSR count). The van der Waals surface area contributed by atoms with Gasteiger partial charge in [0.2, 0.25) is 0 Å². The largest absolute Gasteiger partial charge is 0.453 e. The molecule has 120 valence electrons. The maximum absolute atomic E-state index is 11.1. The summed E-state index contributed by atoms with van der Waals surface area (Å²) < 4.78 is 4.50. The third kappa shape index (κ3) is 3.88. The fourth-order valence-electron chi connectivity index (χ4n) is 2.50. The van der Waals surface area contributed by atoms with Crippen LogP contribution in [0, 0.1) is 0 Å². The average Bonchev–Trinajstić information content (AvgIpc) is 3.12. The Bertz CT molecular complexity index is 651. The molecule has 2 heterocycles. The first kappa shape index (κ1) is 15.1. The van der Waals surface area contributed by atoms with Gasteiger partial charge in [-0.2, -0.15) is 0 Å². The van der Waals surface area contributed by atoms with Gasteiger partial charge in [-0.25, -0.2) is 4.79 Å². The van der Waals surface area contributed by atoms with Gasteiger partial charge in [0.05, 0.1) is 7.11 Å². The topological polar surface area (TPSA) is 79.4 Å². The van der Waals surface area contributed by atoms with Gasteiger partial charge in [-0.05, 0) is 49.2 Å². The number of rotatable bonds is 4. The van der Waals surface area contributed by atoms with Gasteiger partial charge in [-0.3, -0.25) is 5.32 Å². The molecule has 0 saturated carbocycles. The summed E-state index contributed by atoms with van der Waals surface area (Å²) in [6.45, 7) is 2.26. The molecule has 1 aromatic heterocycles. The number of hydrogen-bond acceptors (Lipinski definition) is 6. The molecule has 0 bridgehead atoms. The minimum Gasteiger partial charge on any atom is -0.453 e. The number of ether oxygens (including phenoxy) is 1. The SMILES string of the molecule is COC(=O)Nc1ccc(Nc2ccc(N3CCCC3)cc2)nn1. The van der Waals surface area contributed by atoms with E-state index in [1.165, 1.54) is 25.6 Å². The van der Waals surface area contributed by atoms with Crippen molar-refractivity contribution in [3.8, 4) is 0 Å². The molecule has 1 fully saturated rings. The van der Waals surface area contributed by atoms with E-state index in [1.54, 1.807) is 12.1 Å². The van der Waals surface area contributed by atoms with Gasteiger partial charge in [0.1, 0.15) is 0 Å². The summed E-state index contributed by atoms with van der Waals surface area (Å²) in [6.07, 6.45) is 1.96. The van der Waals surface area contributed by atoms with Gasteiger partial charge >= 0.3 is 6.09 Å². The first-order valence-corrected chi connectivity index (χ1v) is 7.55. The van der Waals surface area contributed by atoms with Gasteiger partial charge in [0, 0.05) is 24.5 Å². The zero-order chi connectivity index (χ0) is 16.1. The number of amides is 1. The minimum atomic E-state index is -0.572. The van der Waals surface area contributed by atoms with E-state index in [-0.39, 0.29) is 0 Å². The van der Waals surface area contributed by atoms with Crippen LogP contribution in [0.25, 0.3) is 0 Å². The Morgan fingerprint density at radius 2 is 1.70 bits per heavy atom. The molecule has 7 nitrogen and oxygen atoms in total. The Balaban J connectivity index is 1.61. The van der Waals surface area contributed by atoms with Crippen molar-refractivity contribution < 1.29 is 9.53 Å². The van der Waals surface area contributed by atoms with E-state index < -0.39 is 6.09 Å². The van der Waals surface area contributed by atoms with Crippen LogP contribution in [0.3, 0.4) is 0 Å². The molecular weight excluding hydrogens is 294 g/mol. The van der Waals surface area contributed by atoms with Crippen molar-refractivity contribution >= 4 is 29.1 Å². The summed E-state index contributed by atoms with van der Waals surface area (Å²) in [6, 6.07) is 11.7. The van der Waals surface area contributed by atoms with Crippen LogP contribution in [-0.2, 0) is 4.74 Å². The van der Waals surface area contributed by atoms with E-state index in [9.17, 15) is 4.79 Å². The van der Waals surface area contributed by atoms with Gasteiger partial charge in [0.25, 0.3) is 0 Å². The van der Waals surface area contributed by atoms with Crippen LogP contribution < -0.4 is 15.5 Å². The van der Waals surface area contributed by atoms with Crippen LogP contribution in [0.1, 0.15) is 12.8 Å². The second kappa shape index (κ2) is 6.95. The van der Waals surface area contributed by atoms with E-state index in [0.29, 0.717) is 11.6 Å². The lowest BCUT2D eigenvalue weighted by atomic mass is 10.2. The molecule has 1 aliphatic heterocycles. The van der Waals surface area contributed by atoms with Crippen molar-refractivity contribution in [1.82, 2.24) is 10.2 Å². The highest BCUT2D eigenvalue weighted by molar-refractivity contribution is 5.83. The van der Waals surface area contributed by atoms with Crippen LogP contribution >= 0.6 is 0 Å². The lowest BCUT2D eigenvalue weighted by molar-refractivity contribution is 0.187. The molecule has 1 aromatic carbocycles. The monoisotopic (exact) mass is 313 g/mol. The predicted molar refractivity (Wildman–Crippen MR) is 89.2 cm³/mol. The third-order valence-corrected chi connectivity index (χ3v) is 3.69. The maximum Gasteiger partial charge on any atom is 0.412 e. The van der Waals surface area contributed by atoms with Crippen LogP contribution in [0.4, 0.5) is 27.8 Å². The molecule has 1 aliphatic rings. The van der Waals surface area contributed by atoms with Crippen molar-refractivity contribution in [2.24, 2.45) is 0 Å². The number of nitrogens with one attached hydrogen (secondary N) is 2. The van der Waals surface area contributed by atoms with E-state index in [4.69, 9.17) is 0 Å². The highest BCUT2D eigenvalue weighted by atomic mass is 16.5. The minimum absolute atomic E-state index is 0.340. The molecule has 23 heavy (non-hydrogen) atoms. The summed E-state index contributed by atoms with van der Waals surface area (Å²) in [5.41, 5.74) is 2.19. The Morgan fingerprint density at radius 3 is 2.30 bits per heavy atom. The number of anilines is 4. The zero-order valence-corrected chi connectivity index (χ0v) is 13.0. The molecule has 0 unspecified atom stereocenters. The van der Waals surface area contributed by atoms with Crippen molar-refractivity contribution in [2.45, 2.75) is 12.8 Å². The van der Waals surface area contributed by atoms with Gasteiger partial charge in [-0.15, -0.1) is 10.2 Å². The molecule has 1 saturated heterocycles. The van der Waals surface area contributed by atoms with Gasteiger partial charge in [-0.1, -0.05) is 0 Å². The number of aromatic nitrogens is 2. The van der Waals surface area contributed by atoms with Crippen molar-refractivity contribution in [3.63, 3.8) is 0 Å². The van der Waals surface area contributed by atoms with Crippen molar-refractivity contribution in [3.05, 3.63) is 36.4 Å². The fourth-order valence-corrected chi connectivity index (χ4v) is 2.50. The molecular formula is C16H19N5O2. The number of methoxy groups -OCH3 is 1. The van der Waals surface area contributed by atoms with Crippen LogP contribution in [0.5, 0.6) is 0 Å². The quantitative estimate of drug-likeness (QED) is 0.903. The summed E-state index contributed by atoms with van der Waals surface area (Å²) in [5.74, 6) is 0.945. The summed E-state index contributed by atoms with van der Waals surface area (Å²) in [4.78, 5) is 13.5. The Labute approximate surface area is 134 Å².